The summed E-state index contributed by atoms with van der Waals surface area (Å²) in [7, 11) is -2.23. The predicted octanol–water partition coefficient (Wildman–Crippen LogP) is 3.72. The molecular formula is C14H13BrFNO2S. The van der Waals surface area contributed by atoms with E-state index in [4.69, 9.17) is 0 Å². The molecular weight excluding hydrogens is 345 g/mol. The molecule has 0 N–H and O–H groups in total. The van der Waals surface area contributed by atoms with Crippen LogP contribution < -0.4 is 4.31 Å². The van der Waals surface area contributed by atoms with Crippen molar-refractivity contribution in [3.63, 3.8) is 0 Å². The lowest BCUT2D eigenvalue weighted by Crippen LogP contribution is -2.27. The summed E-state index contributed by atoms with van der Waals surface area (Å²) < 4.78 is 39.9. The van der Waals surface area contributed by atoms with E-state index in [1.807, 2.05) is 0 Å². The molecule has 0 aliphatic rings. The van der Waals surface area contributed by atoms with Crippen LogP contribution in [0.15, 0.2) is 51.8 Å². The SMILES string of the molecule is Cc1ccc(Br)cc1S(=O)(=O)N(C)c1ccc(F)cc1. The van der Waals surface area contributed by atoms with Gasteiger partial charge in [0.25, 0.3) is 10.0 Å². The van der Waals surface area contributed by atoms with Crippen LogP contribution in [0.4, 0.5) is 10.1 Å². The molecule has 0 spiro atoms. The molecule has 0 aliphatic carbocycles. The third-order valence-electron chi connectivity index (χ3n) is 2.98. The highest BCUT2D eigenvalue weighted by Gasteiger charge is 2.23. The summed E-state index contributed by atoms with van der Waals surface area (Å²) in [6.07, 6.45) is 0. The molecule has 0 atom stereocenters. The average molecular weight is 358 g/mol. The maximum atomic E-state index is 12.9. The lowest BCUT2D eigenvalue weighted by Gasteiger charge is -2.20. The molecule has 0 radical (unpaired) electrons. The molecule has 0 bridgehead atoms. The minimum Gasteiger partial charge on any atom is -0.269 e. The zero-order valence-corrected chi connectivity index (χ0v) is 13.4. The van der Waals surface area contributed by atoms with Crippen molar-refractivity contribution in [2.24, 2.45) is 0 Å². The molecule has 0 aromatic heterocycles. The molecule has 2 aromatic carbocycles. The summed E-state index contributed by atoms with van der Waals surface area (Å²) in [6.45, 7) is 1.73. The highest BCUT2D eigenvalue weighted by Crippen LogP contribution is 2.26. The van der Waals surface area contributed by atoms with Crippen molar-refractivity contribution < 1.29 is 12.8 Å². The number of halogens is 2. The largest absolute Gasteiger partial charge is 0.269 e. The van der Waals surface area contributed by atoms with Crippen LogP contribution in [0.25, 0.3) is 0 Å². The maximum absolute atomic E-state index is 12.9. The van der Waals surface area contributed by atoms with Crippen LogP contribution in [0.3, 0.4) is 0 Å². The van der Waals surface area contributed by atoms with Gasteiger partial charge in [-0.2, -0.15) is 0 Å². The number of aryl methyl sites for hydroxylation is 1. The van der Waals surface area contributed by atoms with Crippen LogP contribution in [-0.4, -0.2) is 15.5 Å². The predicted molar refractivity (Wildman–Crippen MR) is 80.9 cm³/mol. The van der Waals surface area contributed by atoms with Gasteiger partial charge in [0.2, 0.25) is 0 Å². The highest BCUT2D eigenvalue weighted by molar-refractivity contribution is 9.10. The van der Waals surface area contributed by atoms with Gasteiger partial charge < -0.3 is 0 Å². The number of rotatable bonds is 3. The number of hydrogen-bond acceptors (Lipinski definition) is 2. The van der Waals surface area contributed by atoms with Crippen LogP contribution in [0.5, 0.6) is 0 Å². The Kier molecular flexibility index (Phi) is 4.15. The van der Waals surface area contributed by atoms with Crippen molar-refractivity contribution in [2.75, 3.05) is 11.4 Å². The van der Waals surface area contributed by atoms with Crippen LogP contribution >= 0.6 is 15.9 Å². The van der Waals surface area contributed by atoms with Crippen LogP contribution in [0, 0.1) is 12.7 Å². The molecule has 0 heterocycles. The number of hydrogen-bond donors (Lipinski definition) is 0. The fourth-order valence-electron chi connectivity index (χ4n) is 1.79. The second-order valence-electron chi connectivity index (χ2n) is 4.36. The van der Waals surface area contributed by atoms with E-state index >= 15 is 0 Å². The first-order valence-electron chi connectivity index (χ1n) is 5.83. The quantitative estimate of drug-likeness (QED) is 0.839. The summed E-state index contributed by atoms with van der Waals surface area (Å²) in [5.74, 6) is -0.404. The Morgan fingerprint density at radius 2 is 1.70 bits per heavy atom. The second-order valence-corrected chi connectivity index (χ2v) is 7.21. The van der Waals surface area contributed by atoms with E-state index in [1.54, 1.807) is 25.1 Å². The van der Waals surface area contributed by atoms with Crippen molar-refractivity contribution in [3.05, 3.63) is 58.3 Å². The van der Waals surface area contributed by atoms with Gasteiger partial charge in [-0.15, -0.1) is 0 Å². The summed E-state index contributed by atoms with van der Waals surface area (Å²) in [6, 6.07) is 10.4. The number of nitrogens with zero attached hydrogens (tertiary/aromatic N) is 1. The Labute approximate surface area is 126 Å². The van der Waals surface area contributed by atoms with Gasteiger partial charge in [0, 0.05) is 11.5 Å². The first-order chi connectivity index (χ1) is 9.32. The molecule has 2 aromatic rings. The summed E-state index contributed by atoms with van der Waals surface area (Å²) >= 11 is 3.27. The van der Waals surface area contributed by atoms with E-state index in [1.165, 1.54) is 31.3 Å². The van der Waals surface area contributed by atoms with Crippen molar-refractivity contribution in [3.8, 4) is 0 Å². The molecule has 6 heteroatoms. The first kappa shape index (κ1) is 15.0. The van der Waals surface area contributed by atoms with E-state index in [2.05, 4.69) is 15.9 Å². The smallest absolute Gasteiger partial charge is 0.264 e. The number of anilines is 1. The van der Waals surface area contributed by atoms with Gasteiger partial charge in [0.1, 0.15) is 5.82 Å². The molecule has 0 fully saturated rings. The number of benzene rings is 2. The third kappa shape index (κ3) is 2.86. The average Bonchev–Trinajstić information content (AvgIpc) is 2.41. The van der Waals surface area contributed by atoms with Crippen LogP contribution in [-0.2, 0) is 10.0 Å². The number of sulfonamides is 1. The van der Waals surface area contributed by atoms with Gasteiger partial charge >= 0.3 is 0 Å². The molecule has 0 unspecified atom stereocenters. The second kappa shape index (κ2) is 5.54. The monoisotopic (exact) mass is 357 g/mol. The van der Waals surface area contributed by atoms with Gasteiger partial charge in [-0.1, -0.05) is 22.0 Å². The molecule has 20 heavy (non-hydrogen) atoms. The third-order valence-corrected chi connectivity index (χ3v) is 5.40. The van der Waals surface area contributed by atoms with Gasteiger partial charge in [-0.05, 0) is 48.9 Å². The van der Waals surface area contributed by atoms with E-state index in [-0.39, 0.29) is 4.90 Å². The van der Waals surface area contributed by atoms with Crippen molar-refractivity contribution in [2.45, 2.75) is 11.8 Å². The summed E-state index contributed by atoms with van der Waals surface area (Å²) in [5, 5.41) is 0. The van der Waals surface area contributed by atoms with Gasteiger partial charge in [-0.25, -0.2) is 12.8 Å². The molecule has 2 rings (SSSR count). The lowest BCUT2D eigenvalue weighted by molar-refractivity contribution is 0.593. The zero-order chi connectivity index (χ0) is 14.9. The fraction of sp³-hybridized carbons (Fsp3) is 0.143. The van der Waals surface area contributed by atoms with Crippen molar-refractivity contribution in [1.82, 2.24) is 0 Å². The summed E-state index contributed by atoms with van der Waals surface area (Å²) in [5.41, 5.74) is 1.06. The van der Waals surface area contributed by atoms with E-state index < -0.39 is 15.8 Å². The maximum Gasteiger partial charge on any atom is 0.264 e. The molecule has 3 nitrogen and oxygen atoms in total. The topological polar surface area (TPSA) is 37.4 Å². The highest BCUT2D eigenvalue weighted by atomic mass is 79.9. The van der Waals surface area contributed by atoms with E-state index in [0.29, 0.717) is 15.7 Å². The van der Waals surface area contributed by atoms with E-state index in [9.17, 15) is 12.8 Å². The minimum absolute atomic E-state index is 0.221. The first-order valence-corrected chi connectivity index (χ1v) is 8.06. The lowest BCUT2D eigenvalue weighted by atomic mass is 10.2. The molecule has 0 saturated carbocycles. The van der Waals surface area contributed by atoms with Gasteiger partial charge in [0.15, 0.2) is 0 Å². The van der Waals surface area contributed by atoms with Crippen LogP contribution in [0.1, 0.15) is 5.56 Å². The molecule has 0 amide bonds. The zero-order valence-electron chi connectivity index (χ0n) is 11.0. The molecule has 106 valence electrons. The van der Waals surface area contributed by atoms with Gasteiger partial charge in [-0.3, -0.25) is 4.31 Å². The van der Waals surface area contributed by atoms with Crippen LogP contribution in [0.2, 0.25) is 0 Å². The van der Waals surface area contributed by atoms with Gasteiger partial charge in [0.05, 0.1) is 10.6 Å². The minimum atomic E-state index is -3.68. The Bertz CT molecular complexity index is 729. The Morgan fingerprint density at radius 3 is 2.30 bits per heavy atom. The normalized spacial score (nSPS) is 11.4. The van der Waals surface area contributed by atoms with Crippen molar-refractivity contribution in [1.29, 1.82) is 0 Å². The standard InChI is InChI=1S/C14H13BrFNO2S/c1-10-3-4-11(15)9-14(10)20(18,19)17(2)13-7-5-12(16)6-8-13/h3-9H,1-2H3. The Balaban J connectivity index is 2.49. The van der Waals surface area contributed by atoms with E-state index in [0.717, 1.165) is 4.31 Å². The summed E-state index contributed by atoms with van der Waals surface area (Å²) in [4.78, 5) is 0.221. The Morgan fingerprint density at radius 1 is 1.10 bits per heavy atom. The molecule has 0 saturated heterocycles. The fourth-order valence-corrected chi connectivity index (χ4v) is 3.75. The van der Waals surface area contributed by atoms with Crippen molar-refractivity contribution >= 4 is 31.6 Å². The Hall–Kier alpha value is -1.40. The molecule has 0 aliphatic heterocycles.